The number of anilines is 1. The number of methoxy groups -OCH3 is 1. The maximum absolute atomic E-state index is 13.1. The average molecular weight is 477 g/mol. The third kappa shape index (κ3) is 6.33. The van der Waals surface area contributed by atoms with Crippen LogP contribution >= 0.6 is 11.6 Å². The number of nitrogens with one attached hydrogen (secondary N) is 1. The van der Waals surface area contributed by atoms with Gasteiger partial charge in [-0.1, -0.05) is 48.0 Å². The highest BCUT2D eigenvalue weighted by Gasteiger charge is 2.18. The second-order valence-corrected chi connectivity index (χ2v) is 8.07. The number of hydrogen-bond donors (Lipinski definition) is 1. The summed E-state index contributed by atoms with van der Waals surface area (Å²) in [6.07, 6.45) is 1.59. The van der Waals surface area contributed by atoms with Crippen LogP contribution in [0.5, 0.6) is 11.5 Å². The number of furan rings is 1. The van der Waals surface area contributed by atoms with E-state index in [0.717, 1.165) is 11.1 Å². The summed E-state index contributed by atoms with van der Waals surface area (Å²) in [4.78, 5) is 14.8. The van der Waals surface area contributed by atoms with Crippen LogP contribution in [0.4, 0.5) is 10.5 Å². The molecule has 0 spiro atoms. The number of amides is 2. The molecule has 7 heteroatoms. The molecule has 4 rings (SSSR count). The first-order chi connectivity index (χ1) is 16.6. The van der Waals surface area contributed by atoms with E-state index < -0.39 is 0 Å². The lowest BCUT2D eigenvalue weighted by molar-refractivity contribution is 0.201. The van der Waals surface area contributed by atoms with E-state index >= 15 is 0 Å². The van der Waals surface area contributed by atoms with Gasteiger partial charge in [0.05, 0.1) is 19.9 Å². The summed E-state index contributed by atoms with van der Waals surface area (Å²) < 4.78 is 17.0. The minimum Gasteiger partial charge on any atom is -0.493 e. The predicted molar refractivity (Wildman–Crippen MR) is 132 cm³/mol. The van der Waals surface area contributed by atoms with Gasteiger partial charge < -0.3 is 24.1 Å². The molecule has 0 radical (unpaired) electrons. The van der Waals surface area contributed by atoms with Gasteiger partial charge in [-0.3, -0.25) is 0 Å². The minimum absolute atomic E-state index is 0.262. The van der Waals surface area contributed by atoms with Crippen molar-refractivity contribution < 1.29 is 18.7 Å². The van der Waals surface area contributed by atoms with Crippen molar-refractivity contribution in [1.82, 2.24) is 4.90 Å². The van der Waals surface area contributed by atoms with Crippen molar-refractivity contribution in [2.24, 2.45) is 0 Å². The Kier molecular flexibility index (Phi) is 7.73. The van der Waals surface area contributed by atoms with Crippen LogP contribution in [0.2, 0.25) is 5.02 Å². The van der Waals surface area contributed by atoms with Gasteiger partial charge in [0, 0.05) is 17.3 Å². The summed E-state index contributed by atoms with van der Waals surface area (Å²) in [5.74, 6) is 1.92. The molecule has 1 heterocycles. The van der Waals surface area contributed by atoms with Crippen LogP contribution in [0, 0.1) is 0 Å². The molecule has 0 unspecified atom stereocenters. The topological polar surface area (TPSA) is 63.9 Å². The number of carbonyl (C=O) groups is 1. The number of hydrogen-bond acceptors (Lipinski definition) is 4. The lowest BCUT2D eigenvalue weighted by Crippen LogP contribution is -2.34. The number of nitrogens with zero attached hydrogens (tertiary/aromatic N) is 1. The van der Waals surface area contributed by atoms with Crippen LogP contribution in [0.25, 0.3) is 0 Å². The summed E-state index contributed by atoms with van der Waals surface area (Å²) in [6.45, 7) is 1.08. The molecule has 174 valence electrons. The van der Waals surface area contributed by atoms with E-state index in [4.69, 9.17) is 25.5 Å². The maximum atomic E-state index is 13.1. The lowest BCUT2D eigenvalue weighted by atomic mass is 10.2. The van der Waals surface area contributed by atoms with Crippen molar-refractivity contribution in [3.05, 3.63) is 113 Å². The normalized spacial score (nSPS) is 10.5. The lowest BCUT2D eigenvalue weighted by Gasteiger charge is -2.23. The van der Waals surface area contributed by atoms with Crippen LogP contribution in [0.3, 0.4) is 0 Å². The zero-order valence-electron chi connectivity index (χ0n) is 18.7. The third-order valence-electron chi connectivity index (χ3n) is 5.15. The number of rotatable bonds is 9. The van der Waals surface area contributed by atoms with E-state index in [9.17, 15) is 4.79 Å². The van der Waals surface area contributed by atoms with Gasteiger partial charge >= 0.3 is 6.03 Å². The Balaban J connectivity index is 1.49. The molecular formula is C27H25ClN2O4. The second-order valence-electron chi connectivity index (χ2n) is 7.63. The van der Waals surface area contributed by atoms with Crippen molar-refractivity contribution in [3.8, 4) is 11.5 Å². The van der Waals surface area contributed by atoms with Crippen molar-refractivity contribution in [2.45, 2.75) is 19.7 Å². The van der Waals surface area contributed by atoms with E-state index in [1.54, 1.807) is 48.6 Å². The Morgan fingerprint density at radius 2 is 1.71 bits per heavy atom. The molecule has 34 heavy (non-hydrogen) atoms. The van der Waals surface area contributed by atoms with Gasteiger partial charge in [-0.25, -0.2) is 4.79 Å². The standard InChI is InChI=1S/C27H25ClN2O4/c1-32-26-16-21(9-14-25(26)34-19-20-6-3-2-4-7-20)17-30(18-24-8-5-15-33-24)27(31)29-23-12-10-22(28)11-13-23/h2-16H,17-19H2,1H3,(H,29,31). The molecule has 4 aromatic rings. The van der Waals surface area contributed by atoms with Crippen LogP contribution in [-0.2, 0) is 19.7 Å². The van der Waals surface area contributed by atoms with Crippen LogP contribution < -0.4 is 14.8 Å². The summed E-state index contributed by atoms with van der Waals surface area (Å²) in [5, 5.41) is 3.51. The highest BCUT2D eigenvalue weighted by Crippen LogP contribution is 2.30. The Hall–Kier alpha value is -3.90. The second kappa shape index (κ2) is 11.3. The highest BCUT2D eigenvalue weighted by atomic mass is 35.5. The first-order valence-corrected chi connectivity index (χ1v) is 11.2. The smallest absolute Gasteiger partial charge is 0.322 e. The molecular weight excluding hydrogens is 452 g/mol. The monoisotopic (exact) mass is 476 g/mol. The molecule has 1 N–H and O–H groups in total. The van der Waals surface area contributed by atoms with Crippen molar-refractivity contribution in [1.29, 1.82) is 0 Å². The molecule has 1 aromatic heterocycles. The number of carbonyl (C=O) groups excluding carboxylic acids is 1. The fraction of sp³-hybridized carbons (Fsp3) is 0.148. The number of ether oxygens (including phenoxy) is 2. The molecule has 3 aromatic carbocycles. The van der Waals surface area contributed by atoms with Gasteiger partial charge in [-0.15, -0.1) is 0 Å². The molecule has 0 saturated carbocycles. The quantitative estimate of drug-likeness (QED) is 0.290. The average Bonchev–Trinajstić information content (AvgIpc) is 3.38. The van der Waals surface area contributed by atoms with Crippen molar-refractivity contribution in [2.75, 3.05) is 12.4 Å². The molecule has 0 aliphatic heterocycles. The van der Waals surface area contributed by atoms with Crippen molar-refractivity contribution in [3.63, 3.8) is 0 Å². The zero-order valence-corrected chi connectivity index (χ0v) is 19.5. The molecule has 6 nitrogen and oxygen atoms in total. The SMILES string of the molecule is COc1cc(CN(Cc2ccco2)C(=O)Nc2ccc(Cl)cc2)ccc1OCc1ccccc1. The summed E-state index contributed by atoms with van der Waals surface area (Å²) in [7, 11) is 1.60. The first-order valence-electron chi connectivity index (χ1n) is 10.8. The van der Waals surface area contributed by atoms with E-state index in [-0.39, 0.29) is 6.03 Å². The molecule has 2 amide bonds. The van der Waals surface area contributed by atoms with Gasteiger partial charge in [0.25, 0.3) is 0 Å². The van der Waals surface area contributed by atoms with Gasteiger partial charge in [-0.05, 0) is 59.7 Å². The van der Waals surface area contributed by atoms with Gasteiger partial charge in [0.2, 0.25) is 0 Å². The Morgan fingerprint density at radius 1 is 0.912 bits per heavy atom. The number of benzene rings is 3. The third-order valence-corrected chi connectivity index (χ3v) is 5.40. The fourth-order valence-corrected chi connectivity index (χ4v) is 3.54. The first kappa shape index (κ1) is 23.3. The summed E-state index contributed by atoms with van der Waals surface area (Å²) >= 11 is 5.95. The van der Waals surface area contributed by atoms with E-state index in [1.165, 1.54) is 0 Å². The van der Waals surface area contributed by atoms with Crippen LogP contribution in [0.1, 0.15) is 16.9 Å². The van der Waals surface area contributed by atoms with E-state index in [0.29, 0.717) is 47.7 Å². The summed E-state index contributed by atoms with van der Waals surface area (Å²) in [5.41, 5.74) is 2.61. The largest absolute Gasteiger partial charge is 0.493 e. The van der Waals surface area contributed by atoms with E-state index in [2.05, 4.69) is 5.32 Å². The van der Waals surface area contributed by atoms with Crippen LogP contribution in [0.15, 0.2) is 95.6 Å². The van der Waals surface area contributed by atoms with E-state index in [1.807, 2.05) is 54.6 Å². The van der Waals surface area contributed by atoms with Crippen LogP contribution in [-0.4, -0.2) is 18.0 Å². The number of urea groups is 1. The zero-order chi connectivity index (χ0) is 23.8. The molecule has 0 aliphatic rings. The van der Waals surface area contributed by atoms with Gasteiger partial charge in [0.1, 0.15) is 12.4 Å². The molecule has 0 saturated heterocycles. The number of halogens is 1. The fourth-order valence-electron chi connectivity index (χ4n) is 3.41. The van der Waals surface area contributed by atoms with Gasteiger partial charge in [0.15, 0.2) is 11.5 Å². The van der Waals surface area contributed by atoms with Crippen molar-refractivity contribution >= 4 is 23.3 Å². The maximum Gasteiger partial charge on any atom is 0.322 e. The minimum atomic E-state index is -0.262. The Labute approximate surface area is 203 Å². The Morgan fingerprint density at radius 3 is 2.41 bits per heavy atom. The summed E-state index contributed by atoms with van der Waals surface area (Å²) in [6, 6.07) is 25.9. The molecule has 0 bridgehead atoms. The Bertz CT molecular complexity index is 1200. The molecule has 0 aliphatic carbocycles. The van der Waals surface area contributed by atoms with Gasteiger partial charge in [-0.2, -0.15) is 0 Å². The highest BCUT2D eigenvalue weighted by molar-refractivity contribution is 6.30. The molecule has 0 atom stereocenters. The molecule has 0 fully saturated rings. The predicted octanol–water partition coefficient (Wildman–Crippen LogP) is 6.75.